The highest BCUT2D eigenvalue weighted by atomic mass is 15.2. The van der Waals surface area contributed by atoms with Crippen molar-refractivity contribution in [2.75, 3.05) is 13.1 Å². The molecule has 0 amide bonds. The molecule has 1 aliphatic carbocycles. The molecule has 2 aliphatic heterocycles. The van der Waals surface area contributed by atoms with Crippen molar-refractivity contribution in [3.8, 4) is 6.07 Å². The third kappa shape index (κ3) is 0.819. The summed E-state index contributed by atoms with van der Waals surface area (Å²) in [5.41, 5.74) is 0. The fourth-order valence-electron chi connectivity index (χ4n) is 1.86. The first kappa shape index (κ1) is 6.18. The summed E-state index contributed by atoms with van der Waals surface area (Å²) in [6.07, 6.45) is 4.96. The Bertz CT molecular complexity index is 162. The maximum absolute atomic E-state index is 8.45. The molecule has 53 valence electrons. The Hall–Kier alpha value is -0.550. The van der Waals surface area contributed by atoms with Gasteiger partial charge in [-0.3, -0.25) is 4.90 Å². The van der Waals surface area contributed by atoms with Crippen molar-refractivity contribution in [3.63, 3.8) is 0 Å². The van der Waals surface area contributed by atoms with Crippen LogP contribution >= 0.6 is 0 Å². The van der Waals surface area contributed by atoms with E-state index < -0.39 is 0 Å². The van der Waals surface area contributed by atoms with E-state index in [0.29, 0.717) is 12.6 Å². The zero-order chi connectivity index (χ0) is 6.97. The van der Waals surface area contributed by atoms with Gasteiger partial charge in [0.15, 0.2) is 0 Å². The summed E-state index contributed by atoms with van der Waals surface area (Å²) in [6.45, 7) is 1.76. The molecule has 2 nitrogen and oxygen atoms in total. The summed E-state index contributed by atoms with van der Waals surface area (Å²) in [5, 5.41) is 8.45. The highest BCUT2D eigenvalue weighted by Gasteiger charge is 2.38. The third-order valence-electron chi connectivity index (χ3n) is 2.57. The normalized spacial score (nSPS) is 38.3. The van der Waals surface area contributed by atoms with E-state index in [1.54, 1.807) is 0 Å². The van der Waals surface area contributed by atoms with Gasteiger partial charge in [-0.05, 0) is 31.7 Å². The van der Waals surface area contributed by atoms with Gasteiger partial charge in [0.05, 0.1) is 12.6 Å². The van der Waals surface area contributed by atoms with E-state index >= 15 is 0 Å². The Morgan fingerprint density at radius 2 is 2.50 bits per heavy atom. The standard InChI is InChI=1S/C8H11N2/c9-2-4-10-3-1-7-5-8(10)6-7/h5,7-8H,1,3-4,6H2. The molecular weight excluding hydrogens is 124 g/mol. The lowest BCUT2D eigenvalue weighted by Crippen LogP contribution is -2.51. The van der Waals surface area contributed by atoms with Gasteiger partial charge in [0, 0.05) is 6.04 Å². The Kier molecular flexibility index (Phi) is 1.39. The van der Waals surface area contributed by atoms with E-state index in [-0.39, 0.29) is 0 Å². The summed E-state index contributed by atoms with van der Waals surface area (Å²) in [5.74, 6) is 0.889. The topological polar surface area (TPSA) is 27.0 Å². The predicted octanol–water partition coefficient (Wildman–Crippen LogP) is 0.808. The molecule has 2 heteroatoms. The van der Waals surface area contributed by atoms with Crippen molar-refractivity contribution < 1.29 is 0 Å². The number of nitriles is 1. The molecule has 0 aromatic heterocycles. The Labute approximate surface area is 61.4 Å². The number of rotatable bonds is 1. The molecule has 3 rings (SSSR count). The molecule has 0 aromatic rings. The van der Waals surface area contributed by atoms with Crippen LogP contribution in [0.15, 0.2) is 0 Å². The third-order valence-corrected chi connectivity index (χ3v) is 2.57. The SMILES string of the molecule is N#CCN1CCC2[CH]C1C2. The molecule has 10 heavy (non-hydrogen) atoms. The van der Waals surface area contributed by atoms with E-state index in [9.17, 15) is 0 Å². The predicted molar refractivity (Wildman–Crippen MR) is 38.0 cm³/mol. The van der Waals surface area contributed by atoms with Crippen LogP contribution in [0.3, 0.4) is 0 Å². The largest absolute Gasteiger partial charge is 0.287 e. The first-order chi connectivity index (χ1) is 4.90. The number of piperidine rings is 2. The first-order valence-electron chi connectivity index (χ1n) is 3.86. The zero-order valence-corrected chi connectivity index (χ0v) is 5.95. The molecule has 2 bridgehead atoms. The van der Waals surface area contributed by atoms with Gasteiger partial charge in [-0.1, -0.05) is 0 Å². The molecule has 0 N–H and O–H groups in total. The highest BCUT2D eigenvalue weighted by Crippen LogP contribution is 2.37. The first-order valence-corrected chi connectivity index (χ1v) is 3.86. The second-order valence-corrected chi connectivity index (χ2v) is 3.17. The second kappa shape index (κ2) is 2.25. The Morgan fingerprint density at radius 3 is 3.00 bits per heavy atom. The molecule has 1 saturated carbocycles. The molecule has 1 radical (unpaired) electrons. The van der Waals surface area contributed by atoms with Gasteiger partial charge in [-0.2, -0.15) is 5.26 Å². The second-order valence-electron chi connectivity index (χ2n) is 3.17. The van der Waals surface area contributed by atoms with Crippen molar-refractivity contribution >= 4 is 0 Å². The van der Waals surface area contributed by atoms with Gasteiger partial charge in [0.25, 0.3) is 0 Å². The molecular formula is C8H11N2. The molecule has 3 aliphatic rings. The van der Waals surface area contributed by atoms with Crippen LogP contribution in [-0.4, -0.2) is 24.0 Å². The van der Waals surface area contributed by atoms with Crippen LogP contribution in [0.5, 0.6) is 0 Å². The van der Waals surface area contributed by atoms with Gasteiger partial charge in [0.2, 0.25) is 0 Å². The van der Waals surface area contributed by atoms with Crippen LogP contribution in [0, 0.1) is 23.7 Å². The van der Waals surface area contributed by atoms with E-state index in [2.05, 4.69) is 17.4 Å². The number of fused-ring (bicyclic) bond motifs is 2. The fourth-order valence-corrected chi connectivity index (χ4v) is 1.86. The molecule has 3 fully saturated rings. The summed E-state index contributed by atoms with van der Waals surface area (Å²) in [6, 6.07) is 2.85. The van der Waals surface area contributed by atoms with Crippen molar-refractivity contribution in [1.82, 2.24) is 4.90 Å². The molecule has 0 aromatic carbocycles. The van der Waals surface area contributed by atoms with Crippen LogP contribution in [0.1, 0.15) is 12.8 Å². The summed E-state index contributed by atoms with van der Waals surface area (Å²) in [7, 11) is 0. The lowest BCUT2D eigenvalue weighted by molar-refractivity contribution is 0.0849. The van der Waals surface area contributed by atoms with Crippen LogP contribution < -0.4 is 0 Å². The summed E-state index contributed by atoms with van der Waals surface area (Å²) in [4.78, 5) is 2.26. The maximum atomic E-state index is 8.45. The average molecular weight is 135 g/mol. The smallest absolute Gasteiger partial charge is 0.0868 e. The lowest BCUT2D eigenvalue weighted by Gasteiger charge is -2.47. The Morgan fingerprint density at radius 1 is 1.70 bits per heavy atom. The minimum Gasteiger partial charge on any atom is -0.287 e. The number of nitrogens with zero attached hydrogens (tertiary/aromatic N) is 2. The minimum atomic E-state index is 0.619. The Balaban J connectivity index is 1.91. The van der Waals surface area contributed by atoms with Gasteiger partial charge < -0.3 is 0 Å². The van der Waals surface area contributed by atoms with E-state index in [0.717, 1.165) is 12.5 Å². The van der Waals surface area contributed by atoms with E-state index in [1.165, 1.54) is 12.8 Å². The molecule has 2 heterocycles. The molecule has 0 spiro atoms. The number of hydrogen-bond donors (Lipinski definition) is 0. The van der Waals surface area contributed by atoms with Crippen molar-refractivity contribution in [2.45, 2.75) is 18.9 Å². The van der Waals surface area contributed by atoms with E-state index in [1.807, 2.05) is 0 Å². The maximum Gasteiger partial charge on any atom is 0.0868 e. The van der Waals surface area contributed by atoms with Gasteiger partial charge in [-0.15, -0.1) is 0 Å². The fraction of sp³-hybridized carbons (Fsp3) is 0.750. The highest BCUT2D eigenvalue weighted by molar-refractivity contribution is 5.07. The lowest BCUT2D eigenvalue weighted by atomic mass is 9.73. The number of hydrogen-bond acceptors (Lipinski definition) is 2. The average Bonchev–Trinajstić information content (AvgIpc) is 1.87. The molecule has 2 unspecified atom stereocenters. The quantitative estimate of drug-likeness (QED) is 0.497. The minimum absolute atomic E-state index is 0.619. The van der Waals surface area contributed by atoms with Crippen LogP contribution in [0.2, 0.25) is 0 Å². The molecule has 2 atom stereocenters. The summed E-state index contributed by atoms with van der Waals surface area (Å²) >= 11 is 0. The van der Waals surface area contributed by atoms with Crippen LogP contribution in [0.4, 0.5) is 0 Å². The van der Waals surface area contributed by atoms with Crippen molar-refractivity contribution in [3.05, 3.63) is 6.42 Å². The van der Waals surface area contributed by atoms with E-state index in [4.69, 9.17) is 5.26 Å². The monoisotopic (exact) mass is 135 g/mol. The summed E-state index contributed by atoms with van der Waals surface area (Å²) < 4.78 is 0. The van der Waals surface area contributed by atoms with Gasteiger partial charge >= 0.3 is 0 Å². The van der Waals surface area contributed by atoms with Gasteiger partial charge in [-0.25, -0.2) is 0 Å². The molecule has 2 saturated heterocycles. The van der Waals surface area contributed by atoms with Crippen LogP contribution in [0.25, 0.3) is 0 Å². The zero-order valence-electron chi connectivity index (χ0n) is 5.95. The van der Waals surface area contributed by atoms with Crippen LogP contribution in [-0.2, 0) is 0 Å². The van der Waals surface area contributed by atoms with Crippen molar-refractivity contribution in [2.24, 2.45) is 5.92 Å². The van der Waals surface area contributed by atoms with Gasteiger partial charge in [0.1, 0.15) is 0 Å². The van der Waals surface area contributed by atoms with Crippen molar-refractivity contribution in [1.29, 1.82) is 5.26 Å².